The van der Waals surface area contributed by atoms with Crippen molar-refractivity contribution in [1.82, 2.24) is 4.57 Å². The van der Waals surface area contributed by atoms with Crippen LogP contribution in [0.4, 0.5) is 0 Å². The molecule has 1 aliphatic rings. The molecule has 0 saturated heterocycles. The van der Waals surface area contributed by atoms with Crippen molar-refractivity contribution in [3.8, 4) is 0 Å². The second kappa shape index (κ2) is 4.14. The number of nitrogens with zero attached hydrogens (tertiary/aromatic N) is 1. The largest absolute Gasteiger partial charge is 0.371 e. The minimum absolute atomic E-state index is 0.206. The number of ether oxygens (including phenoxy) is 1. The third kappa shape index (κ3) is 1.76. The molecule has 1 atom stereocenters. The number of rotatable bonds is 2. The lowest BCUT2D eigenvalue weighted by molar-refractivity contribution is 0.0307. The number of hydrogen-bond donors (Lipinski definition) is 0. The summed E-state index contributed by atoms with van der Waals surface area (Å²) in [4.78, 5) is 0. The van der Waals surface area contributed by atoms with Crippen LogP contribution in [-0.2, 0) is 17.7 Å². The predicted molar refractivity (Wildman–Crippen MR) is 63.3 cm³/mol. The van der Waals surface area contributed by atoms with Crippen molar-refractivity contribution in [2.24, 2.45) is 0 Å². The fourth-order valence-corrected chi connectivity index (χ4v) is 2.31. The van der Waals surface area contributed by atoms with Crippen LogP contribution in [-0.4, -0.2) is 11.2 Å². The van der Waals surface area contributed by atoms with E-state index in [0.717, 1.165) is 19.6 Å². The molecule has 0 bridgehead atoms. The first-order valence-electron chi connectivity index (χ1n) is 5.73. The first-order chi connectivity index (χ1) is 7.93. The number of benzene rings is 1. The first kappa shape index (κ1) is 9.67. The lowest BCUT2D eigenvalue weighted by atomic mass is 9.97. The van der Waals surface area contributed by atoms with Crippen LogP contribution in [0.5, 0.6) is 0 Å². The van der Waals surface area contributed by atoms with E-state index in [1.54, 1.807) is 0 Å². The molecule has 0 aliphatic carbocycles. The molecule has 82 valence electrons. The average molecular weight is 213 g/mol. The molecule has 16 heavy (non-hydrogen) atoms. The van der Waals surface area contributed by atoms with Crippen molar-refractivity contribution in [2.45, 2.75) is 19.1 Å². The zero-order valence-electron chi connectivity index (χ0n) is 9.17. The third-order valence-electron chi connectivity index (χ3n) is 3.14. The van der Waals surface area contributed by atoms with Crippen LogP contribution >= 0.6 is 0 Å². The van der Waals surface area contributed by atoms with Crippen molar-refractivity contribution < 1.29 is 4.74 Å². The number of aromatic nitrogens is 1. The van der Waals surface area contributed by atoms with Gasteiger partial charge in [-0.15, -0.1) is 0 Å². The molecule has 0 fully saturated rings. The lowest BCUT2D eigenvalue weighted by Crippen LogP contribution is -2.20. The van der Waals surface area contributed by atoms with Crippen LogP contribution in [0.1, 0.15) is 17.2 Å². The van der Waals surface area contributed by atoms with Crippen molar-refractivity contribution in [2.75, 3.05) is 6.61 Å². The van der Waals surface area contributed by atoms with Gasteiger partial charge in [0, 0.05) is 12.4 Å². The summed E-state index contributed by atoms with van der Waals surface area (Å²) in [6.07, 6.45) is 5.41. The Morgan fingerprint density at radius 1 is 1.12 bits per heavy atom. The van der Waals surface area contributed by atoms with E-state index in [9.17, 15) is 0 Å². The zero-order chi connectivity index (χ0) is 10.8. The minimum Gasteiger partial charge on any atom is -0.371 e. The standard InChI is InChI=1S/C14H15NO/c1-2-6-13-12(5-1)7-10-16-14(13)11-15-8-3-4-9-15/h1-6,8-9,14H,7,10-11H2. The Labute approximate surface area is 95.5 Å². The van der Waals surface area contributed by atoms with Gasteiger partial charge in [0.15, 0.2) is 0 Å². The van der Waals surface area contributed by atoms with Gasteiger partial charge >= 0.3 is 0 Å². The van der Waals surface area contributed by atoms with E-state index in [2.05, 4.69) is 53.4 Å². The van der Waals surface area contributed by atoms with Crippen LogP contribution in [0.3, 0.4) is 0 Å². The fourth-order valence-electron chi connectivity index (χ4n) is 2.31. The Morgan fingerprint density at radius 2 is 1.94 bits per heavy atom. The molecule has 3 rings (SSSR count). The SMILES string of the molecule is c1ccc2c(c1)CCOC2Cn1cccc1. The quantitative estimate of drug-likeness (QED) is 0.748. The summed E-state index contributed by atoms with van der Waals surface area (Å²) in [6.45, 7) is 1.74. The second-order valence-electron chi connectivity index (χ2n) is 4.19. The zero-order valence-corrected chi connectivity index (χ0v) is 9.17. The molecule has 0 amide bonds. The highest BCUT2D eigenvalue weighted by atomic mass is 16.5. The lowest BCUT2D eigenvalue weighted by Gasteiger charge is -2.26. The molecule has 2 aromatic rings. The monoisotopic (exact) mass is 213 g/mol. The van der Waals surface area contributed by atoms with Gasteiger partial charge in [-0.25, -0.2) is 0 Å². The molecule has 1 aromatic heterocycles. The molecule has 1 aliphatic heterocycles. The summed E-state index contributed by atoms with van der Waals surface area (Å²) in [5.41, 5.74) is 2.79. The van der Waals surface area contributed by atoms with Gasteiger partial charge in [0.2, 0.25) is 0 Å². The number of hydrogen-bond acceptors (Lipinski definition) is 1. The van der Waals surface area contributed by atoms with Gasteiger partial charge in [-0.05, 0) is 29.7 Å². The average Bonchev–Trinajstić information content (AvgIpc) is 2.82. The van der Waals surface area contributed by atoms with Crippen LogP contribution in [0, 0.1) is 0 Å². The summed E-state index contributed by atoms with van der Waals surface area (Å²) in [6, 6.07) is 12.7. The molecule has 2 heterocycles. The molecule has 0 N–H and O–H groups in total. The molecular formula is C14H15NO. The van der Waals surface area contributed by atoms with E-state index in [-0.39, 0.29) is 6.10 Å². The normalized spacial score (nSPS) is 19.4. The van der Waals surface area contributed by atoms with E-state index in [4.69, 9.17) is 4.74 Å². The summed E-state index contributed by atoms with van der Waals surface area (Å²) < 4.78 is 8.03. The Hall–Kier alpha value is -1.54. The second-order valence-corrected chi connectivity index (χ2v) is 4.19. The Balaban J connectivity index is 1.87. The van der Waals surface area contributed by atoms with Gasteiger partial charge in [-0.3, -0.25) is 0 Å². The van der Waals surface area contributed by atoms with Gasteiger partial charge in [0.25, 0.3) is 0 Å². The molecule has 0 spiro atoms. The van der Waals surface area contributed by atoms with Crippen molar-refractivity contribution in [3.63, 3.8) is 0 Å². The molecular weight excluding hydrogens is 198 g/mol. The minimum atomic E-state index is 0.206. The Morgan fingerprint density at radius 3 is 2.81 bits per heavy atom. The van der Waals surface area contributed by atoms with Crippen LogP contribution in [0.15, 0.2) is 48.8 Å². The van der Waals surface area contributed by atoms with Crippen molar-refractivity contribution in [3.05, 3.63) is 59.9 Å². The Kier molecular flexibility index (Phi) is 2.50. The summed E-state index contributed by atoms with van der Waals surface area (Å²) in [5.74, 6) is 0. The molecule has 1 unspecified atom stereocenters. The van der Waals surface area contributed by atoms with E-state index in [1.807, 2.05) is 0 Å². The molecule has 2 nitrogen and oxygen atoms in total. The highest BCUT2D eigenvalue weighted by molar-refractivity contribution is 5.30. The van der Waals surface area contributed by atoms with Gasteiger partial charge < -0.3 is 9.30 Å². The molecule has 2 heteroatoms. The first-order valence-corrected chi connectivity index (χ1v) is 5.73. The van der Waals surface area contributed by atoms with E-state index in [1.165, 1.54) is 11.1 Å². The maximum atomic E-state index is 5.86. The van der Waals surface area contributed by atoms with Crippen molar-refractivity contribution >= 4 is 0 Å². The maximum absolute atomic E-state index is 5.86. The summed E-state index contributed by atoms with van der Waals surface area (Å²) in [7, 11) is 0. The topological polar surface area (TPSA) is 14.2 Å². The maximum Gasteiger partial charge on any atom is 0.101 e. The van der Waals surface area contributed by atoms with Crippen LogP contribution in [0.2, 0.25) is 0 Å². The molecule has 0 radical (unpaired) electrons. The fraction of sp³-hybridized carbons (Fsp3) is 0.286. The third-order valence-corrected chi connectivity index (χ3v) is 3.14. The van der Waals surface area contributed by atoms with E-state index < -0.39 is 0 Å². The van der Waals surface area contributed by atoms with Gasteiger partial charge in [0.1, 0.15) is 6.10 Å². The predicted octanol–water partition coefficient (Wildman–Crippen LogP) is 2.80. The Bertz CT molecular complexity index is 461. The van der Waals surface area contributed by atoms with Crippen LogP contribution < -0.4 is 0 Å². The van der Waals surface area contributed by atoms with Gasteiger partial charge in [-0.2, -0.15) is 0 Å². The summed E-state index contributed by atoms with van der Waals surface area (Å²) >= 11 is 0. The van der Waals surface area contributed by atoms with Crippen LogP contribution in [0.25, 0.3) is 0 Å². The highest BCUT2D eigenvalue weighted by Gasteiger charge is 2.20. The number of fused-ring (bicyclic) bond motifs is 1. The van der Waals surface area contributed by atoms with E-state index in [0.29, 0.717) is 0 Å². The highest BCUT2D eigenvalue weighted by Crippen LogP contribution is 2.28. The molecule has 0 saturated carbocycles. The molecule has 1 aromatic carbocycles. The summed E-state index contributed by atoms with van der Waals surface area (Å²) in [5, 5.41) is 0. The van der Waals surface area contributed by atoms with Gasteiger partial charge in [0.05, 0.1) is 13.2 Å². The van der Waals surface area contributed by atoms with Gasteiger partial charge in [-0.1, -0.05) is 24.3 Å². The van der Waals surface area contributed by atoms with E-state index >= 15 is 0 Å². The smallest absolute Gasteiger partial charge is 0.101 e. The van der Waals surface area contributed by atoms with Crippen molar-refractivity contribution in [1.29, 1.82) is 0 Å².